The highest BCUT2D eigenvalue weighted by atomic mass is 16.5. The van der Waals surface area contributed by atoms with Crippen LogP contribution in [0.2, 0.25) is 0 Å². The molecule has 0 amide bonds. The van der Waals surface area contributed by atoms with Crippen LogP contribution in [0, 0.1) is 0 Å². The third kappa shape index (κ3) is 3.01. The zero-order valence-corrected chi connectivity index (χ0v) is 12.3. The molecule has 0 bridgehead atoms. The first-order chi connectivity index (χ1) is 9.21. The Labute approximate surface area is 119 Å². The summed E-state index contributed by atoms with van der Waals surface area (Å²) in [5.41, 5.74) is -0.526. The minimum absolute atomic E-state index is 0.570. The minimum atomic E-state index is -1.13. The SMILES string of the molecule is CC(C)(O)C(C)(C)OB(O)c1cnc2ccccc2c1. The summed E-state index contributed by atoms with van der Waals surface area (Å²) in [4.78, 5) is 4.29. The number of nitrogens with zero attached hydrogens (tertiary/aromatic N) is 1. The van der Waals surface area contributed by atoms with Gasteiger partial charge in [-0.3, -0.25) is 4.98 Å². The largest absolute Gasteiger partial charge is 0.493 e. The summed E-state index contributed by atoms with van der Waals surface area (Å²) in [6.07, 6.45) is 1.59. The molecule has 0 aliphatic heterocycles. The zero-order chi connectivity index (χ0) is 15.0. The maximum absolute atomic E-state index is 10.2. The molecule has 20 heavy (non-hydrogen) atoms. The van der Waals surface area contributed by atoms with Crippen molar-refractivity contribution in [2.75, 3.05) is 0 Å². The Morgan fingerprint density at radius 1 is 1.15 bits per heavy atom. The highest BCUT2D eigenvalue weighted by molar-refractivity contribution is 6.60. The lowest BCUT2D eigenvalue weighted by atomic mass is 9.77. The number of aliphatic hydroxyl groups is 1. The van der Waals surface area contributed by atoms with Gasteiger partial charge in [-0.25, -0.2) is 0 Å². The number of hydrogen-bond donors (Lipinski definition) is 2. The van der Waals surface area contributed by atoms with Crippen LogP contribution in [0.15, 0.2) is 36.5 Å². The van der Waals surface area contributed by atoms with Gasteiger partial charge in [0.25, 0.3) is 0 Å². The topological polar surface area (TPSA) is 62.6 Å². The Morgan fingerprint density at radius 2 is 1.80 bits per heavy atom. The lowest BCUT2D eigenvalue weighted by Gasteiger charge is -2.38. The summed E-state index contributed by atoms with van der Waals surface area (Å²) < 4.78 is 5.60. The highest BCUT2D eigenvalue weighted by Crippen LogP contribution is 2.25. The van der Waals surface area contributed by atoms with E-state index in [1.165, 1.54) is 0 Å². The summed E-state index contributed by atoms with van der Waals surface area (Å²) >= 11 is 0. The zero-order valence-electron chi connectivity index (χ0n) is 12.3. The summed E-state index contributed by atoms with van der Waals surface area (Å²) in [7, 11) is -1.13. The van der Waals surface area contributed by atoms with Crippen molar-refractivity contribution in [3.63, 3.8) is 0 Å². The molecule has 0 fully saturated rings. The van der Waals surface area contributed by atoms with Crippen LogP contribution < -0.4 is 5.46 Å². The van der Waals surface area contributed by atoms with Crippen LogP contribution in [-0.4, -0.2) is 33.4 Å². The summed E-state index contributed by atoms with van der Waals surface area (Å²) in [6.45, 7) is 6.78. The van der Waals surface area contributed by atoms with Crippen LogP contribution >= 0.6 is 0 Å². The molecule has 0 saturated heterocycles. The van der Waals surface area contributed by atoms with Crippen molar-refractivity contribution in [2.24, 2.45) is 0 Å². The van der Waals surface area contributed by atoms with E-state index in [9.17, 15) is 10.1 Å². The summed E-state index contributed by atoms with van der Waals surface area (Å²) in [5.74, 6) is 0. The highest BCUT2D eigenvalue weighted by Gasteiger charge is 2.39. The van der Waals surface area contributed by atoms with Gasteiger partial charge in [0.1, 0.15) is 0 Å². The van der Waals surface area contributed by atoms with Crippen LogP contribution in [0.3, 0.4) is 0 Å². The molecule has 0 radical (unpaired) electrons. The van der Waals surface area contributed by atoms with Gasteiger partial charge in [-0.15, -0.1) is 0 Å². The van der Waals surface area contributed by atoms with Crippen molar-refractivity contribution in [3.8, 4) is 0 Å². The Kier molecular flexibility index (Phi) is 3.87. The molecule has 0 unspecified atom stereocenters. The molecule has 0 aliphatic rings. The first-order valence-electron chi connectivity index (χ1n) is 6.64. The Balaban J connectivity index is 2.25. The molecule has 1 heterocycles. The van der Waals surface area contributed by atoms with Crippen molar-refractivity contribution in [1.29, 1.82) is 0 Å². The Bertz CT molecular complexity index is 607. The molecular weight excluding hydrogens is 253 g/mol. The van der Waals surface area contributed by atoms with E-state index >= 15 is 0 Å². The molecule has 2 rings (SSSR count). The van der Waals surface area contributed by atoms with E-state index in [1.807, 2.05) is 30.3 Å². The predicted octanol–water partition coefficient (Wildman–Crippen LogP) is 1.49. The Hall–Kier alpha value is -1.43. The molecule has 0 aliphatic carbocycles. The number of benzene rings is 1. The third-order valence-electron chi connectivity index (χ3n) is 3.78. The third-order valence-corrected chi connectivity index (χ3v) is 3.78. The monoisotopic (exact) mass is 273 g/mol. The second-order valence-corrected chi connectivity index (χ2v) is 6.00. The molecule has 1 aromatic carbocycles. The van der Waals surface area contributed by atoms with Crippen LogP contribution in [0.1, 0.15) is 27.7 Å². The average Bonchev–Trinajstić information content (AvgIpc) is 2.36. The lowest BCUT2D eigenvalue weighted by molar-refractivity contribution is -0.0982. The molecule has 0 spiro atoms. The number of aromatic nitrogens is 1. The van der Waals surface area contributed by atoms with Crippen LogP contribution in [-0.2, 0) is 4.65 Å². The van der Waals surface area contributed by atoms with Crippen LogP contribution in [0.25, 0.3) is 10.9 Å². The van der Waals surface area contributed by atoms with Crippen LogP contribution in [0.5, 0.6) is 0 Å². The summed E-state index contributed by atoms with van der Waals surface area (Å²) in [6, 6.07) is 9.52. The van der Waals surface area contributed by atoms with E-state index in [1.54, 1.807) is 33.9 Å². The first-order valence-corrected chi connectivity index (χ1v) is 6.64. The van der Waals surface area contributed by atoms with Gasteiger partial charge in [0.05, 0.1) is 16.7 Å². The van der Waals surface area contributed by atoms with Gasteiger partial charge < -0.3 is 14.8 Å². The molecule has 1 aromatic heterocycles. The molecule has 5 heteroatoms. The maximum atomic E-state index is 10.2. The lowest BCUT2D eigenvalue weighted by Crippen LogP contribution is -2.53. The maximum Gasteiger partial charge on any atom is 0.493 e. The number of hydrogen-bond acceptors (Lipinski definition) is 4. The number of para-hydroxylation sites is 1. The Morgan fingerprint density at radius 3 is 2.45 bits per heavy atom. The van der Waals surface area contributed by atoms with Crippen molar-refractivity contribution in [1.82, 2.24) is 4.98 Å². The van der Waals surface area contributed by atoms with Gasteiger partial charge in [-0.05, 0) is 39.1 Å². The van der Waals surface area contributed by atoms with Crippen molar-refractivity contribution in [3.05, 3.63) is 36.5 Å². The molecule has 0 atom stereocenters. The van der Waals surface area contributed by atoms with E-state index in [4.69, 9.17) is 4.65 Å². The van der Waals surface area contributed by atoms with E-state index < -0.39 is 18.3 Å². The molecule has 0 saturated carbocycles. The molecule has 2 aromatic rings. The van der Waals surface area contributed by atoms with Gasteiger partial charge >= 0.3 is 7.12 Å². The van der Waals surface area contributed by atoms with Gasteiger partial charge in [-0.2, -0.15) is 0 Å². The smallest absolute Gasteiger partial charge is 0.423 e. The second kappa shape index (κ2) is 5.16. The fourth-order valence-electron chi connectivity index (χ4n) is 1.71. The minimum Gasteiger partial charge on any atom is -0.423 e. The normalized spacial score (nSPS) is 12.7. The number of fused-ring (bicyclic) bond motifs is 1. The van der Waals surface area contributed by atoms with Gasteiger partial charge in [-0.1, -0.05) is 24.3 Å². The fraction of sp³-hybridized carbons (Fsp3) is 0.400. The standard InChI is InChI=1S/C15H20BNO3/c1-14(2,18)15(3,4)20-16(19)12-9-11-7-5-6-8-13(11)17-10-12/h5-10,18-19H,1-4H3. The number of rotatable bonds is 4. The van der Waals surface area contributed by atoms with Crippen molar-refractivity contribution < 1.29 is 14.8 Å². The fourth-order valence-corrected chi connectivity index (χ4v) is 1.71. The molecular formula is C15H20BNO3. The van der Waals surface area contributed by atoms with Gasteiger partial charge in [0, 0.05) is 11.7 Å². The van der Waals surface area contributed by atoms with Crippen LogP contribution in [0.4, 0.5) is 0 Å². The van der Waals surface area contributed by atoms with E-state index in [0.29, 0.717) is 5.46 Å². The quantitative estimate of drug-likeness (QED) is 0.828. The van der Waals surface area contributed by atoms with Crippen molar-refractivity contribution in [2.45, 2.75) is 38.9 Å². The first kappa shape index (κ1) is 15.0. The number of pyridine rings is 1. The summed E-state index contributed by atoms with van der Waals surface area (Å²) in [5, 5.41) is 21.2. The van der Waals surface area contributed by atoms with E-state index in [2.05, 4.69) is 4.98 Å². The van der Waals surface area contributed by atoms with Gasteiger partial charge in [0.2, 0.25) is 0 Å². The average molecular weight is 273 g/mol. The molecule has 4 nitrogen and oxygen atoms in total. The second-order valence-electron chi connectivity index (χ2n) is 6.00. The van der Waals surface area contributed by atoms with Crippen molar-refractivity contribution >= 4 is 23.5 Å². The van der Waals surface area contributed by atoms with E-state index in [0.717, 1.165) is 10.9 Å². The van der Waals surface area contributed by atoms with E-state index in [-0.39, 0.29) is 0 Å². The molecule has 2 N–H and O–H groups in total. The predicted molar refractivity (Wildman–Crippen MR) is 80.8 cm³/mol. The van der Waals surface area contributed by atoms with Gasteiger partial charge in [0.15, 0.2) is 0 Å². The molecule has 106 valence electrons.